The fourth-order valence-corrected chi connectivity index (χ4v) is 3.80. The zero-order valence-corrected chi connectivity index (χ0v) is 15.7. The summed E-state index contributed by atoms with van der Waals surface area (Å²) in [6.07, 6.45) is 0. The van der Waals surface area contributed by atoms with Crippen molar-refractivity contribution in [3.05, 3.63) is 57.8 Å². The molecule has 2 aromatic rings. The van der Waals surface area contributed by atoms with Crippen LogP contribution in [-0.4, -0.2) is 32.7 Å². The quantitative estimate of drug-likeness (QED) is 0.833. The number of nitrogens with one attached hydrogen (secondary N) is 1. The molecule has 0 fully saturated rings. The maximum absolute atomic E-state index is 13.8. The van der Waals surface area contributed by atoms with Crippen molar-refractivity contribution < 1.29 is 17.6 Å². The molecule has 0 saturated heterocycles. The van der Waals surface area contributed by atoms with Crippen LogP contribution in [0, 0.1) is 12.7 Å². The van der Waals surface area contributed by atoms with Gasteiger partial charge in [0, 0.05) is 24.1 Å². The fraction of sp³-hybridized carbons (Fsp3) is 0.188. The average molecular weight is 415 g/mol. The minimum Gasteiger partial charge on any atom is -0.319 e. The summed E-state index contributed by atoms with van der Waals surface area (Å²) in [5.41, 5.74) is 0.873. The predicted octanol–water partition coefficient (Wildman–Crippen LogP) is 3.40. The first-order valence-corrected chi connectivity index (χ1v) is 9.16. The molecule has 0 aliphatic heterocycles. The highest BCUT2D eigenvalue weighted by molar-refractivity contribution is 9.10. The largest absolute Gasteiger partial charge is 0.319 e. The topological polar surface area (TPSA) is 66.5 Å². The first-order valence-electron chi connectivity index (χ1n) is 6.92. The van der Waals surface area contributed by atoms with Crippen molar-refractivity contribution >= 4 is 37.5 Å². The number of halogens is 2. The molecule has 5 nitrogen and oxygen atoms in total. The van der Waals surface area contributed by atoms with Crippen molar-refractivity contribution in [2.75, 3.05) is 19.4 Å². The van der Waals surface area contributed by atoms with Crippen LogP contribution in [0.25, 0.3) is 0 Å². The van der Waals surface area contributed by atoms with E-state index in [0.29, 0.717) is 4.47 Å². The molecular weight excluding hydrogens is 399 g/mol. The van der Waals surface area contributed by atoms with Gasteiger partial charge in [-0.15, -0.1) is 0 Å². The van der Waals surface area contributed by atoms with Gasteiger partial charge in [-0.1, -0.05) is 6.07 Å². The van der Waals surface area contributed by atoms with E-state index in [4.69, 9.17) is 0 Å². The normalized spacial score (nSPS) is 11.6. The highest BCUT2D eigenvalue weighted by atomic mass is 79.9. The molecule has 1 N–H and O–H groups in total. The Bertz CT molecular complexity index is 898. The number of benzene rings is 2. The Morgan fingerprint density at radius 2 is 1.83 bits per heavy atom. The maximum Gasteiger partial charge on any atom is 0.255 e. The van der Waals surface area contributed by atoms with Gasteiger partial charge in [0.05, 0.1) is 10.6 Å². The summed E-state index contributed by atoms with van der Waals surface area (Å²) < 4.78 is 39.8. The minimum absolute atomic E-state index is 0.0329. The molecule has 0 aliphatic rings. The highest BCUT2D eigenvalue weighted by Gasteiger charge is 2.22. The molecule has 0 aliphatic carbocycles. The van der Waals surface area contributed by atoms with Crippen molar-refractivity contribution in [3.63, 3.8) is 0 Å². The third-order valence-electron chi connectivity index (χ3n) is 3.32. The van der Waals surface area contributed by atoms with E-state index in [1.165, 1.54) is 44.4 Å². The van der Waals surface area contributed by atoms with Crippen LogP contribution in [-0.2, 0) is 10.0 Å². The Labute approximate surface area is 148 Å². The minimum atomic E-state index is -3.72. The van der Waals surface area contributed by atoms with E-state index in [1.54, 1.807) is 13.0 Å². The smallest absolute Gasteiger partial charge is 0.255 e. The van der Waals surface area contributed by atoms with Gasteiger partial charge in [0.25, 0.3) is 5.91 Å². The molecule has 0 saturated carbocycles. The van der Waals surface area contributed by atoms with E-state index >= 15 is 0 Å². The Hall–Kier alpha value is -1.77. The number of hydrogen-bond donors (Lipinski definition) is 1. The summed E-state index contributed by atoms with van der Waals surface area (Å²) in [6.45, 7) is 1.74. The number of hydrogen-bond acceptors (Lipinski definition) is 3. The molecular formula is C16H16BrFN2O3S. The summed E-state index contributed by atoms with van der Waals surface area (Å²) in [4.78, 5) is 12.3. The van der Waals surface area contributed by atoms with Gasteiger partial charge in [0.15, 0.2) is 0 Å². The number of aryl methyl sites for hydroxylation is 1. The van der Waals surface area contributed by atoms with E-state index in [2.05, 4.69) is 21.2 Å². The molecule has 24 heavy (non-hydrogen) atoms. The Morgan fingerprint density at radius 1 is 1.17 bits per heavy atom. The average Bonchev–Trinajstić information content (AvgIpc) is 2.50. The van der Waals surface area contributed by atoms with Crippen molar-refractivity contribution in [3.8, 4) is 0 Å². The van der Waals surface area contributed by atoms with Crippen LogP contribution in [0.3, 0.4) is 0 Å². The zero-order chi connectivity index (χ0) is 18.1. The standard InChI is InChI=1S/C16H16BrFN2O3S/c1-10-4-7-14(13(18)8-10)19-16(21)11-5-6-12(17)15(9-11)24(22,23)20(2)3/h4-9H,1-3H3,(H,19,21). The monoisotopic (exact) mass is 414 g/mol. The second kappa shape index (κ2) is 7.00. The van der Waals surface area contributed by atoms with Crippen LogP contribution in [0.1, 0.15) is 15.9 Å². The van der Waals surface area contributed by atoms with Crippen LogP contribution < -0.4 is 5.32 Å². The van der Waals surface area contributed by atoms with Gasteiger partial charge in [-0.3, -0.25) is 4.79 Å². The van der Waals surface area contributed by atoms with E-state index < -0.39 is 21.7 Å². The van der Waals surface area contributed by atoms with Gasteiger partial charge in [0.1, 0.15) is 5.82 Å². The first-order chi connectivity index (χ1) is 11.1. The summed E-state index contributed by atoms with van der Waals surface area (Å²) in [6, 6.07) is 8.61. The predicted molar refractivity (Wildman–Crippen MR) is 94.1 cm³/mol. The van der Waals surface area contributed by atoms with Gasteiger partial charge in [-0.05, 0) is 58.7 Å². The molecule has 2 rings (SSSR count). The number of carbonyl (C=O) groups excluding carboxylic acids is 1. The van der Waals surface area contributed by atoms with Gasteiger partial charge >= 0.3 is 0 Å². The third kappa shape index (κ3) is 3.82. The Balaban J connectivity index is 2.37. The highest BCUT2D eigenvalue weighted by Crippen LogP contribution is 2.26. The van der Waals surface area contributed by atoms with Crippen molar-refractivity contribution in [2.45, 2.75) is 11.8 Å². The number of rotatable bonds is 4. The molecule has 0 heterocycles. The van der Waals surface area contributed by atoms with E-state index in [9.17, 15) is 17.6 Å². The van der Waals surface area contributed by atoms with Crippen LogP contribution in [0.4, 0.5) is 10.1 Å². The Kier molecular flexibility index (Phi) is 5.42. The lowest BCUT2D eigenvalue weighted by Gasteiger charge is -2.14. The summed E-state index contributed by atoms with van der Waals surface area (Å²) in [5.74, 6) is -1.15. The van der Waals surface area contributed by atoms with Crippen LogP contribution in [0.5, 0.6) is 0 Å². The van der Waals surface area contributed by atoms with E-state index in [-0.39, 0.29) is 16.1 Å². The van der Waals surface area contributed by atoms with Crippen molar-refractivity contribution in [1.82, 2.24) is 4.31 Å². The molecule has 0 radical (unpaired) electrons. The number of amides is 1. The van der Waals surface area contributed by atoms with Crippen molar-refractivity contribution in [2.24, 2.45) is 0 Å². The molecule has 0 spiro atoms. The van der Waals surface area contributed by atoms with Crippen molar-refractivity contribution in [1.29, 1.82) is 0 Å². The lowest BCUT2D eigenvalue weighted by Crippen LogP contribution is -2.23. The molecule has 1 amide bonds. The van der Waals surface area contributed by atoms with Gasteiger partial charge in [-0.2, -0.15) is 0 Å². The van der Waals surface area contributed by atoms with Gasteiger partial charge < -0.3 is 5.32 Å². The molecule has 8 heteroatoms. The number of nitrogens with zero attached hydrogens (tertiary/aromatic N) is 1. The second-order valence-corrected chi connectivity index (χ2v) is 8.34. The zero-order valence-electron chi connectivity index (χ0n) is 13.3. The van der Waals surface area contributed by atoms with Crippen LogP contribution in [0.15, 0.2) is 45.8 Å². The van der Waals surface area contributed by atoms with Crippen LogP contribution >= 0.6 is 15.9 Å². The lowest BCUT2D eigenvalue weighted by molar-refractivity contribution is 0.102. The summed E-state index contributed by atoms with van der Waals surface area (Å²) in [7, 11) is -0.920. The molecule has 0 atom stereocenters. The molecule has 0 unspecified atom stereocenters. The second-order valence-electron chi connectivity index (χ2n) is 5.37. The fourth-order valence-electron chi connectivity index (χ4n) is 1.95. The van der Waals surface area contributed by atoms with Gasteiger partial charge in [-0.25, -0.2) is 17.1 Å². The summed E-state index contributed by atoms with van der Waals surface area (Å²) in [5, 5.41) is 2.44. The maximum atomic E-state index is 13.8. The SMILES string of the molecule is Cc1ccc(NC(=O)c2ccc(Br)c(S(=O)(=O)N(C)C)c2)c(F)c1. The van der Waals surface area contributed by atoms with Crippen LogP contribution in [0.2, 0.25) is 0 Å². The third-order valence-corrected chi connectivity index (χ3v) is 6.13. The first kappa shape index (κ1) is 18.6. The summed E-state index contributed by atoms with van der Waals surface area (Å²) >= 11 is 3.17. The van der Waals surface area contributed by atoms with E-state index in [0.717, 1.165) is 9.87 Å². The molecule has 0 aromatic heterocycles. The molecule has 0 bridgehead atoms. The lowest BCUT2D eigenvalue weighted by atomic mass is 10.2. The van der Waals surface area contributed by atoms with E-state index in [1.807, 2.05) is 0 Å². The van der Waals surface area contributed by atoms with Gasteiger partial charge in [0.2, 0.25) is 10.0 Å². The molecule has 2 aromatic carbocycles. The number of anilines is 1. The number of carbonyl (C=O) groups is 1. The Morgan fingerprint density at radius 3 is 2.42 bits per heavy atom. The molecule has 128 valence electrons. The number of sulfonamides is 1.